The number of unbranched alkanes of at least 4 members (excludes halogenated alkanes) is 14. The zero-order chi connectivity index (χ0) is 31.4. The first-order valence-electron chi connectivity index (χ1n) is 17.9. The van der Waals surface area contributed by atoms with E-state index in [9.17, 15) is 19.8 Å². The third kappa shape index (κ3) is 16.4. The Balaban J connectivity index is 1.73. The second-order valence-corrected chi connectivity index (χ2v) is 13.6. The van der Waals surface area contributed by atoms with Gasteiger partial charge in [-0.25, -0.2) is 0 Å². The van der Waals surface area contributed by atoms with E-state index in [0.29, 0.717) is 19.3 Å². The van der Waals surface area contributed by atoms with Crippen LogP contribution >= 0.6 is 0 Å². The van der Waals surface area contributed by atoms with E-state index in [1.54, 1.807) is 12.2 Å². The summed E-state index contributed by atoms with van der Waals surface area (Å²) in [4.78, 5) is 24.4. The van der Waals surface area contributed by atoms with E-state index in [2.05, 4.69) is 13.8 Å². The molecule has 0 aromatic heterocycles. The van der Waals surface area contributed by atoms with E-state index in [4.69, 9.17) is 9.47 Å². The molecule has 1 saturated heterocycles. The van der Waals surface area contributed by atoms with Gasteiger partial charge in [-0.1, -0.05) is 111 Å². The molecule has 43 heavy (non-hydrogen) atoms. The Morgan fingerprint density at radius 3 is 1.84 bits per heavy atom. The molecular formula is C37H64O6. The number of carbonyl (C=O) groups excluding carboxylic acids is 2. The predicted molar refractivity (Wildman–Crippen MR) is 175 cm³/mol. The topological polar surface area (TPSA) is 93.1 Å². The fourth-order valence-corrected chi connectivity index (χ4v) is 6.57. The van der Waals surface area contributed by atoms with Crippen LogP contribution in [0.5, 0.6) is 0 Å². The minimum atomic E-state index is -1.45. The quantitative estimate of drug-likeness (QED) is 0.0798. The lowest BCUT2D eigenvalue weighted by molar-refractivity contribution is -0.216. The lowest BCUT2D eigenvalue weighted by Crippen LogP contribution is -2.37. The van der Waals surface area contributed by atoms with E-state index >= 15 is 0 Å². The molecule has 2 aliphatic rings. The maximum atomic E-state index is 12.9. The highest BCUT2D eigenvalue weighted by Gasteiger charge is 2.47. The van der Waals surface area contributed by atoms with Gasteiger partial charge in [-0.2, -0.15) is 0 Å². The molecule has 2 unspecified atom stereocenters. The van der Waals surface area contributed by atoms with Gasteiger partial charge < -0.3 is 19.7 Å². The van der Waals surface area contributed by atoms with Gasteiger partial charge in [-0.05, 0) is 68.7 Å². The van der Waals surface area contributed by atoms with Crippen LogP contribution in [0.25, 0.3) is 0 Å². The van der Waals surface area contributed by atoms with Crippen molar-refractivity contribution < 1.29 is 29.3 Å². The van der Waals surface area contributed by atoms with Crippen LogP contribution in [0, 0.1) is 5.92 Å². The maximum absolute atomic E-state index is 12.9. The molecule has 1 spiro atoms. The van der Waals surface area contributed by atoms with Gasteiger partial charge >= 0.3 is 5.97 Å². The number of aliphatic hydroxyl groups is 2. The fourth-order valence-electron chi connectivity index (χ4n) is 6.57. The average molecular weight is 605 g/mol. The van der Waals surface area contributed by atoms with Crippen molar-refractivity contribution in [2.45, 2.75) is 192 Å². The number of allylic oxidation sites excluding steroid dienone is 2. The zero-order valence-electron chi connectivity index (χ0n) is 27.8. The molecule has 0 saturated carbocycles. The van der Waals surface area contributed by atoms with Gasteiger partial charge in [0.25, 0.3) is 0 Å². The monoisotopic (exact) mass is 604 g/mol. The molecular weight excluding hydrogens is 540 g/mol. The Bertz CT molecular complexity index is 799. The first-order valence-corrected chi connectivity index (χ1v) is 17.9. The summed E-state index contributed by atoms with van der Waals surface area (Å²) in [5.74, 6) is -1.80. The Morgan fingerprint density at radius 2 is 1.33 bits per heavy atom. The van der Waals surface area contributed by atoms with E-state index in [-0.39, 0.29) is 36.6 Å². The molecule has 2 rings (SSSR count). The number of hydrogen-bond donors (Lipinski definition) is 2. The summed E-state index contributed by atoms with van der Waals surface area (Å²) in [6.07, 6.45) is 29.3. The molecule has 1 aliphatic carbocycles. The average Bonchev–Trinajstić information content (AvgIpc) is 3.28. The van der Waals surface area contributed by atoms with Gasteiger partial charge in [-0.15, -0.1) is 0 Å². The molecule has 0 bridgehead atoms. The van der Waals surface area contributed by atoms with Gasteiger partial charge in [-0.3, -0.25) is 9.59 Å². The first-order chi connectivity index (χ1) is 20.7. The second kappa shape index (κ2) is 21.3. The van der Waals surface area contributed by atoms with Gasteiger partial charge in [0.05, 0.1) is 6.10 Å². The van der Waals surface area contributed by atoms with Crippen LogP contribution in [-0.4, -0.2) is 45.6 Å². The summed E-state index contributed by atoms with van der Waals surface area (Å²) in [5.41, 5.74) is -0.781. The van der Waals surface area contributed by atoms with Crippen LogP contribution < -0.4 is 0 Å². The van der Waals surface area contributed by atoms with Crippen molar-refractivity contribution in [2.24, 2.45) is 5.92 Å². The summed E-state index contributed by atoms with van der Waals surface area (Å²) in [5, 5.41) is 21.7. The SMILES string of the molecule is CCCCCCCCCCC(CCCCCCCCCC)OC(=O)CC(C)CC(O)C[C@@]1(O)CCC2(C=CC(=O)C=C2)O1. The number of rotatable bonds is 25. The summed E-state index contributed by atoms with van der Waals surface area (Å²) >= 11 is 0. The van der Waals surface area contributed by atoms with Crippen molar-refractivity contribution in [3.8, 4) is 0 Å². The van der Waals surface area contributed by atoms with Gasteiger partial charge in [0, 0.05) is 19.3 Å². The van der Waals surface area contributed by atoms with Crippen LogP contribution in [0.1, 0.15) is 168 Å². The number of aliphatic hydroxyl groups excluding tert-OH is 1. The van der Waals surface area contributed by atoms with Gasteiger partial charge in [0.15, 0.2) is 11.6 Å². The van der Waals surface area contributed by atoms with Crippen molar-refractivity contribution in [2.75, 3.05) is 0 Å². The third-order valence-electron chi connectivity index (χ3n) is 9.15. The third-order valence-corrected chi connectivity index (χ3v) is 9.15. The number of ketones is 1. The highest BCUT2D eigenvalue weighted by atomic mass is 16.6. The van der Waals surface area contributed by atoms with Crippen LogP contribution in [0.4, 0.5) is 0 Å². The number of carbonyl (C=O) groups is 2. The van der Waals surface area contributed by atoms with Crippen LogP contribution in [0.15, 0.2) is 24.3 Å². The molecule has 248 valence electrons. The van der Waals surface area contributed by atoms with Crippen molar-refractivity contribution in [1.82, 2.24) is 0 Å². The molecule has 6 nitrogen and oxygen atoms in total. The molecule has 1 fully saturated rings. The minimum absolute atomic E-state index is 0.0166. The summed E-state index contributed by atoms with van der Waals surface area (Å²) in [6.45, 7) is 6.45. The summed E-state index contributed by atoms with van der Waals surface area (Å²) in [6, 6.07) is 0. The molecule has 1 aliphatic heterocycles. The second-order valence-electron chi connectivity index (χ2n) is 13.6. The van der Waals surface area contributed by atoms with Crippen LogP contribution in [-0.2, 0) is 19.1 Å². The van der Waals surface area contributed by atoms with E-state index in [0.717, 1.165) is 25.7 Å². The van der Waals surface area contributed by atoms with Crippen molar-refractivity contribution in [1.29, 1.82) is 0 Å². The molecule has 0 aromatic carbocycles. The Morgan fingerprint density at radius 1 is 0.837 bits per heavy atom. The van der Waals surface area contributed by atoms with Crippen molar-refractivity contribution in [3.05, 3.63) is 24.3 Å². The molecule has 6 heteroatoms. The first kappa shape index (κ1) is 37.7. The maximum Gasteiger partial charge on any atom is 0.306 e. The predicted octanol–water partition coefficient (Wildman–Crippen LogP) is 9.06. The molecule has 0 aromatic rings. The summed E-state index contributed by atoms with van der Waals surface area (Å²) < 4.78 is 12.0. The Hall–Kier alpha value is -1.50. The molecule has 0 amide bonds. The molecule has 0 radical (unpaired) electrons. The molecule has 1 heterocycles. The fraction of sp³-hybridized carbons (Fsp3) is 0.838. The largest absolute Gasteiger partial charge is 0.462 e. The highest BCUT2D eigenvalue weighted by molar-refractivity contribution is 6.00. The Kier molecular flexibility index (Phi) is 18.6. The standard InChI is InChI=1S/C37H64O6/c1-4-6-8-10-12-14-16-18-20-34(21-19-17-15-13-11-9-7-5-2)42-35(40)29-31(3)28-33(39)30-37(41)27-26-36(43-37)24-22-32(38)23-25-36/h22-25,31,33-34,39,41H,4-21,26-30H2,1-3H3/t31?,33?,37-/m1/s1. The Labute approximate surface area is 263 Å². The normalized spacial score (nSPS) is 20.7. The smallest absolute Gasteiger partial charge is 0.306 e. The van der Waals surface area contributed by atoms with Gasteiger partial charge in [0.1, 0.15) is 11.7 Å². The molecule has 3 atom stereocenters. The van der Waals surface area contributed by atoms with E-state index < -0.39 is 17.5 Å². The lowest BCUT2D eigenvalue weighted by atomic mass is 9.92. The highest BCUT2D eigenvalue weighted by Crippen LogP contribution is 2.42. The van der Waals surface area contributed by atoms with E-state index in [1.807, 2.05) is 6.92 Å². The van der Waals surface area contributed by atoms with Crippen LogP contribution in [0.3, 0.4) is 0 Å². The van der Waals surface area contributed by atoms with Crippen molar-refractivity contribution >= 4 is 11.8 Å². The molecule has 2 N–H and O–H groups in total. The number of ether oxygens (including phenoxy) is 2. The van der Waals surface area contributed by atoms with E-state index in [1.165, 1.54) is 102 Å². The zero-order valence-corrected chi connectivity index (χ0v) is 27.8. The summed E-state index contributed by atoms with van der Waals surface area (Å²) in [7, 11) is 0. The van der Waals surface area contributed by atoms with Crippen molar-refractivity contribution in [3.63, 3.8) is 0 Å². The number of hydrogen-bond acceptors (Lipinski definition) is 6. The van der Waals surface area contributed by atoms with Crippen LogP contribution in [0.2, 0.25) is 0 Å². The number of esters is 1. The lowest BCUT2D eigenvalue weighted by Gasteiger charge is -2.30. The van der Waals surface area contributed by atoms with Gasteiger partial charge in [0.2, 0.25) is 0 Å². The minimum Gasteiger partial charge on any atom is -0.462 e.